The predicted molar refractivity (Wildman–Crippen MR) is 105 cm³/mol. The molecule has 1 aromatic heterocycles. The van der Waals surface area contributed by atoms with E-state index in [0.29, 0.717) is 19.6 Å². The summed E-state index contributed by atoms with van der Waals surface area (Å²) in [6, 6.07) is 17.6. The molecule has 0 aliphatic carbocycles. The molecule has 0 saturated carbocycles. The SMILES string of the molecule is O=C(CN1CCN(C(=O)c2cccc3ccccc23)CC1)c1cccs1. The summed E-state index contributed by atoms with van der Waals surface area (Å²) in [5, 5.41) is 4.00. The maximum atomic E-state index is 13.0. The molecular weight excluding hydrogens is 344 g/mol. The fourth-order valence-electron chi connectivity index (χ4n) is 3.41. The minimum atomic E-state index is 0.0750. The molecule has 5 heteroatoms. The molecule has 0 spiro atoms. The van der Waals surface area contributed by atoms with Crippen molar-refractivity contribution in [3.8, 4) is 0 Å². The van der Waals surface area contributed by atoms with Gasteiger partial charge in [0.05, 0.1) is 11.4 Å². The van der Waals surface area contributed by atoms with Crippen molar-refractivity contribution in [2.45, 2.75) is 0 Å². The molecule has 0 bridgehead atoms. The van der Waals surface area contributed by atoms with Gasteiger partial charge in [0, 0.05) is 31.7 Å². The smallest absolute Gasteiger partial charge is 0.254 e. The highest BCUT2D eigenvalue weighted by molar-refractivity contribution is 7.12. The zero-order chi connectivity index (χ0) is 17.9. The number of fused-ring (bicyclic) bond motifs is 1. The quantitative estimate of drug-likeness (QED) is 0.665. The summed E-state index contributed by atoms with van der Waals surface area (Å²) in [6.45, 7) is 3.19. The van der Waals surface area contributed by atoms with E-state index in [4.69, 9.17) is 0 Å². The van der Waals surface area contributed by atoms with Gasteiger partial charge >= 0.3 is 0 Å². The minimum Gasteiger partial charge on any atom is -0.336 e. The highest BCUT2D eigenvalue weighted by atomic mass is 32.1. The number of ketones is 1. The maximum absolute atomic E-state index is 13.0. The Labute approximate surface area is 156 Å². The van der Waals surface area contributed by atoms with Crippen molar-refractivity contribution in [3.05, 3.63) is 70.4 Å². The van der Waals surface area contributed by atoms with Crippen molar-refractivity contribution in [2.24, 2.45) is 0 Å². The molecule has 1 fully saturated rings. The molecule has 3 aromatic rings. The Hall–Kier alpha value is -2.50. The van der Waals surface area contributed by atoms with Gasteiger partial charge in [-0.25, -0.2) is 0 Å². The number of thiophene rings is 1. The Morgan fingerprint density at radius 1 is 0.885 bits per heavy atom. The fourth-order valence-corrected chi connectivity index (χ4v) is 4.07. The lowest BCUT2D eigenvalue weighted by Crippen LogP contribution is -2.49. The van der Waals surface area contributed by atoms with Crippen LogP contribution in [0.4, 0.5) is 0 Å². The van der Waals surface area contributed by atoms with Crippen LogP contribution in [0.15, 0.2) is 60.0 Å². The molecule has 1 aliphatic heterocycles. The lowest BCUT2D eigenvalue weighted by molar-refractivity contribution is 0.0627. The maximum Gasteiger partial charge on any atom is 0.254 e. The fraction of sp³-hybridized carbons (Fsp3) is 0.238. The van der Waals surface area contributed by atoms with Gasteiger partial charge in [-0.3, -0.25) is 14.5 Å². The second-order valence-electron chi connectivity index (χ2n) is 6.50. The lowest BCUT2D eigenvalue weighted by atomic mass is 10.0. The van der Waals surface area contributed by atoms with Gasteiger partial charge in [-0.05, 0) is 28.3 Å². The van der Waals surface area contributed by atoms with Gasteiger partial charge in [0.2, 0.25) is 0 Å². The first kappa shape index (κ1) is 16.9. The number of carbonyl (C=O) groups is 2. The van der Waals surface area contributed by atoms with Crippen molar-refractivity contribution in [1.82, 2.24) is 9.80 Å². The predicted octanol–water partition coefficient (Wildman–Crippen LogP) is 3.54. The van der Waals surface area contributed by atoms with Crippen LogP contribution in [0.5, 0.6) is 0 Å². The molecule has 2 heterocycles. The summed E-state index contributed by atoms with van der Waals surface area (Å²) in [5.41, 5.74) is 0.756. The largest absolute Gasteiger partial charge is 0.336 e. The molecule has 1 saturated heterocycles. The third kappa shape index (κ3) is 3.41. The van der Waals surface area contributed by atoms with Gasteiger partial charge in [-0.2, -0.15) is 0 Å². The number of Topliss-reactive ketones (excluding diaryl/α,β-unsaturated/α-hetero) is 1. The molecule has 0 atom stereocenters. The van der Waals surface area contributed by atoms with E-state index in [1.807, 2.05) is 64.9 Å². The third-order valence-corrected chi connectivity index (χ3v) is 5.75. The molecule has 0 unspecified atom stereocenters. The topological polar surface area (TPSA) is 40.6 Å². The van der Waals surface area contributed by atoms with Crippen molar-refractivity contribution < 1.29 is 9.59 Å². The van der Waals surface area contributed by atoms with Gasteiger partial charge in [-0.1, -0.05) is 42.5 Å². The number of amides is 1. The summed E-state index contributed by atoms with van der Waals surface area (Å²) < 4.78 is 0. The van der Waals surface area contributed by atoms with Gasteiger partial charge < -0.3 is 4.90 Å². The molecule has 4 nitrogen and oxygen atoms in total. The summed E-state index contributed by atoms with van der Waals surface area (Å²) in [7, 11) is 0. The van der Waals surface area contributed by atoms with Crippen LogP contribution >= 0.6 is 11.3 Å². The minimum absolute atomic E-state index is 0.0750. The van der Waals surface area contributed by atoms with E-state index >= 15 is 0 Å². The average molecular weight is 364 g/mol. The van der Waals surface area contributed by atoms with E-state index < -0.39 is 0 Å². The number of hydrogen-bond acceptors (Lipinski definition) is 4. The monoisotopic (exact) mass is 364 g/mol. The van der Waals surface area contributed by atoms with Crippen molar-refractivity contribution in [1.29, 1.82) is 0 Å². The molecule has 4 rings (SSSR count). The summed E-state index contributed by atoms with van der Waals surface area (Å²) >= 11 is 1.48. The van der Waals surface area contributed by atoms with E-state index in [1.54, 1.807) is 0 Å². The van der Waals surface area contributed by atoms with E-state index in [0.717, 1.165) is 34.3 Å². The van der Waals surface area contributed by atoms with Crippen LogP contribution in [0.2, 0.25) is 0 Å². The lowest BCUT2D eigenvalue weighted by Gasteiger charge is -2.34. The summed E-state index contributed by atoms with van der Waals surface area (Å²) in [4.78, 5) is 30.1. The van der Waals surface area contributed by atoms with E-state index in [9.17, 15) is 9.59 Å². The second kappa shape index (κ2) is 7.40. The van der Waals surface area contributed by atoms with Crippen LogP contribution in [0.25, 0.3) is 10.8 Å². The molecule has 2 aromatic carbocycles. The highest BCUT2D eigenvalue weighted by Gasteiger charge is 2.24. The number of hydrogen-bond donors (Lipinski definition) is 0. The first-order chi connectivity index (χ1) is 12.7. The average Bonchev–Trinajstić information content (AvgIpc) is 3.23. The van der Waals surface area contributed by atoms with E-state index in [2.05, 4.69) is 4.90 Å². The Bertz CT molecular complexity index is 923. The van der Waals surface area contributed by atoms with Crippen LogP contribution < -0.4 is 0 Å². The van der Waals surface area contributed by atoms with E-state index in [1.165, 1.54) is 11.3 Å². The van der Waals surface area contributed by atoms with Crippen LogP contribution in [0.3, 0.4) is 0 Å². The molecule has 1 amide bonds. The molecule has 0 N–H and O–H groups in total. The van der Waals surface area contributed by atoms with Crippen LogP contribution in [0, 0.1) is 0 Å². The Morgan fingerprint density at radius 2 is 1.65 bits per heavy atom. The molecule has 26 heavy (non-hydrogen) atoms. The molecule has 1 aliphatic rings. The van der Waals surface area contributed by atoms with Crippen molar-refractivity contribution in [2.75, 3.05) is 32.7 Å². The highest BCUT2D eigenvalue weighted by Crippen LogP contribution is 2.21. The Balaban J connectivity index is 1.41. The first-order valence-corrected chi connectivity index (χ1v) is 9.66. The van der Waals surface area contributed by atoms with Crippen LogP contribution in [-0.4, -0.2) is 54.2 Å². The summed E-state index contributed by atoms with van der Waals surface area (Å²) in [6.07, 6.45) is 0. The molecular formula is C21H20N2O2S. The second-order valence-corrected chi connectivity index (χ2v) is 7.44. The first-order valence-electron chi connectivity index (χ1n) is 8.78. The summed E-state index contributed by atoms with van der Waals surface area (Å²) in [5.74, 6) is 0.236. The van der Waals surface area contributed by atoms with E-state index in [-0.39, 0.29) is 11.7 Å². The van der Waals surface area contributed by atoms with Crippen molar-refractivity contribution >= 4 is 33.8 Å². The number of piperazine rings is 1. The zero-order valence-electron chi connectivity index (χ0n) is 14.4. The normalized spacial score (nSPS) is 15.3. The Kier molecular flexibility index (Phi) is 4.82. The number of rotatable bonds is 4. The van der Waals surface area contributed by atoms with Gasteiger partial charge in [0.15, 0.2) is 5.78 Å². The zero-order valence-corrected chi connectivity index (χ0v) is 15.2. The number of benzene rings is 2. The number of nitrogens with zero attached hydrogens (tertiary/aromatic N) is 2. The third-order valence-electron chi connectivity index (χ3n) is 4.84. The van der Waals surface area contributed by atoms with Crippen molar-refractivity contribution in [3.63, 3.8) is 0 Å². The number of carbonyl (C=O) groups excluding carboxylic acids is 2. The molecule has 132 valence electrons. The van der Waals surface area contributed by atoms with Gasteiger partial charge in [0.1, 0.15) is 0 Å². The van der Waals surface area contributed by atoms with Gasteiger partial charge in [-0.15, -0.1) is 11.3 Å². The Morgan fingerprint density at radius 3 is 2.42 bits per heavy atom. The molecule has 0 radical (unpaired) electrons. The van der Waals surface area contributed by atoms with Crippen LogP contribution in [-0.2, 0) is 0 Å². The van der Waals surface area contributed by atoms with Gasteiger partial charge in [0.25, 0.3) is 5.91 Å². The standard InChI is InChI=1S/C21H20N2O2S/c24-19(20-9-4-14-26-20)15-22-10-12-23(13-11-22)21(25)18-8-3-6-16-5-1-2-7-17(16)18/h1-9,14H,10-13,15H2. The van der Waals surface area contributed by atoms with Crippen LogP contribution in [0.1, 0.15) is 20.0 Å².